The summed E-state index contributed by atoms with van der Waals surface area (Å²) >= 11 is 11.2. The van der Waals surface area contributed by atoms with E-state index in [-0.39, 0.29) is 5.03 Å². The first-order chi connectivity index (χ1) is 7.70. The summed E-state index contributed by atoms with van der Waals surface area (Å²) in [6.07, 6.45) is 1.43. The first-order valence-corrected chi connectivity index (χ1v) is 4.94. The van der Waals surface area contributed by atoms with Crippen LogP contribution >= 0.6 is 23.2 Å². The molecule has 0 fully saturated rings. The Balaban J connectivity index is 3.39. The Hall–Kier alpha value is -1.53. The van der Waals surface area contributed by atoms with Crippen molar-refractivity contribution in [2.45, 2.75) is 4.87 Å². The molecule has 0 heterocycles. The van der Waals surface area contributed by atoms with E-state index in [4.69, 9.17) is 38.5 Å². The molecule has 0 aliphatic heterocycles. The standard InChI is InChI=1S/C9H6Cl2O6/c10-5-1-4(7(14)15)9(11,8(16)17)2-3(5)6(12)13/h1-2,4H,(H,12,13)(H,14,15)(H,16,17). The predicted molar refractivity (Wildman–Crippen MR) is 57.0 cm³/mol. The van der Waals surface area contributed by atoms with Crippen LogP contribution in [0.2, 0.25) is 0 Å². The highest BCUT2D eigenvalue weighted by molar-refractivity contribution is 6.40. The first-order valence-electron chi connectivity index (χ1n) is 4.19. The lowest BCUT2D eigenvalue weighted by molar-refractivity contribution is -0.148. The maximum absolute atomic E-state index is 11.0. The molecule has 92 valence electrons. The third kappa shape index (κ3) is 2.27. The van der Waals surface area contributed by atoms with Crippen LogP contribution in [0, 0.1) is 5.92 Å². The van der Waals surface area contributed by atoms with Crippen molar-refractivity contribution in [2.75, 3.05) is 0 Å². The van der Waals surface area contributed by atoms with Gasteiger partial charge in [-0.25, -0.2) is 9.59 Å². The molecule has 1 rings (SSSR count). The number of carboxylic acid groups (broad SMARTS) is 3. The number of halogens is 2. The molecule has 0 aromatic heterocycles. The van der Waals surface area contributed by atoms with Gasteiger partial charge in [0.25, 0.3) is 0 Å². The second-order valence-corrected chi connectivity index (χ2v) is 4.30. The molecule has 6 nitrogen and oxygen atoms in total. The average molecular weight is 281 g/mol. The topological polar surface area (TPSA) is 112 Å². The van der Waals surface area contributed by atoms with Gasteiger partial charge < -0.3 is 15.3 Å². The van der Waals surface area contributed by atoms with E-state index in [1.165, 1.54) is 0 Å². The van der Waals surface area contributed by atoms with E-state index >= 15 is 0 Å². The van der Waals surface area contributed by atoms with Gasteiger partial charge in [-0.3, -0.25) is 4.79 Å². The van der Waals surface area contributed by atoms with Gasteiger partial charge in [0.05, 0.1) is 10.6 Å². The summed E-state index contributed by atoms with van der Waals surface area (Å²) in [6.45, 7) is 0. The highest BCUT2D eigenvalue weighted by atomic mass is 35.5. The average Bonchev–Trinajstić information content (AvgIpc) is 2.20. The second kappa shape index (κ2) is 4.38. The maximum atomic E-state index is 11.0. The van der Waals surface area contributed by atoms with Crippen molar-refractivity contribution in [3.05, 3.63) is 22.8 Å². The number of rotatable bonds is 3. The monoisotopic (exact) mass is 280 g/mol. The molecular weight excluding hydrogens is 275 g/mol. The van der Waals surface area contributed by atoms with Gasteiger partial charge in [0, 0.05) is 0 Å². The third-order valence-corrected chi connectivity index (χ3v) is 3.04. The number of carboxylic acids is 3. The summed E-state index contributed by atoms with van der Waals surface area (Å²) in [6, 6.07) is 0. The highest BCUT2D eigenvalue weighted by Crippen LogP contribution is 2.38. The summed E-state index contributed by atoms with van der Waals surface area (Å²) in [5.41, 5.74) is -0.540. The molecule has 0 bridgehead atoms. The molecule has 17 heavy (non-hydrogen) atoms. The zero-order valence-corrected chi connectivity index (χ0v) is 9.57. The SMILES string of the molecule is O=C(O)C1=CC(Cl)(C(=O)O)C(C(=O)O)C=C1Cl. The number of carbonyl (C=O) groups is 3. The zero-order valence-electron chi connectivity index (χ0n) is 8.05. The first kappa shape index (κ1) is 13.5. The third-order valence-electron chi connectivity index (χ3n) is 2.20. The Kier molecular flexibility index (Phi) is 3.49. The fourth-order valence-electron chi connectivity index (χ4n) is 1.34. The van der Waals surface area contributed by atoms with Gasteiger partial charge in [-0.05, 0) is 12.2 Å². The van der Waals surface area contributed by atoms with E-state index in [1.807, 2.05) is 0 Å². The number of hydrogen-bond donors (Lipinski definition) is 3. The molecule has 2 unspecified atom stereocenters. The van der Waals surface area contributed by atoms with E-state index in [2.05, 4.69) is 0 Å². The van der Waals surface area contributed by atoms with E-state index < -0.39 is 34.3 Å². The van der Waals surface area contributed by atoms with Gasteiger partial charge in [0.15, 0.2) is 4.87 Å². The number of alkyl halides is 1. The van der Waals surface area contributed by atoms with E-state index in [1.54, 1.807) is 0 Å². The molecular formula is C9H6Cl2O6. The normalized spacial score (nSPS) is 28.0. The molecule has 3 N–H and O–H groups in total. The molecule has 0 aromatic rings. The molecule has 0 saturated heterocycles. The van der Waals surface area contributed by atoms with Crippen LogP contribution < -0.4 is 0 Å². The summed E-state index contributed by atoms with van der Waals surface area (Å²) in [5, 5.41) is 26.1. The van der Waals surface area contributed by atoms with Crippen LogP contribution in [-0.4, -0.2) is 38.1 Å². The zero-order chi connectivity index (χ0) is 13.4. The van der Waals surface area contributed by atoms with Crippen molar-refractivity contribution in [3.63, 3.8) is 0 Å². The van der Waals surface area contributed by atoms with Gasteiger partial charge in [-0.1, -0.05) is 11.6 Å². The minimum Gasteiger partial charge on any atom is -0.481 e. The van der Waals surface area contributed by atoms with Gasteiger partial charge >= 0.3 is 17.9 Å². The van der Waals surface area contributed by atoms with Crippen molar-refractivity contribution < 1.29 is 29.7 Å². The van der Waals surface area contributed by atoms with Crippen LogP contribution in [0.4, 0.5) is 0 Å². The predicted octanol–water partition coefficient (Wildman–Crippen LogP) is 0.897. The summed E-state index contributed by atoms with van der Waals surface area (Å²) in [4.78, 5) is 30.2. The second-order valence-electron chi connectivity index (χ2n) is 3.27. The van der Waals surface area contributed by atoms with Crippen LogP contribution in [0.15, 0.2) is 22.8 Å². The fourth-order valence-corrected chi connectivity index (χ4v) is 1.86. The van der Waals surface area contributed by atoms with Gasteiger partial charge in [-0.2, -0.15) is 0 Å². The van der Waals surface area contributed by atoms with Crippen molar-refractivity contribution in [3.8, 4) is 0 Å². The van der Waals surface area contributed by atoms with Crippen molar-refractivity contribution in [2.24, 2.45) is 5.92 Å². The number of hydrogen-bond acceptors (Lipinski definition) is 3. The van der Waals surface area contributed by atoms with Gasteiger partial charge in [-0.15, -0.1) is 11.6 Å². The Bertz CT molecular complexity index is 466. The van der Waals surface area contributed by atoms with Crippen LogP contribution in [0.3, 0.4) is 0 Å². The molecule has 8 heteroatoms. The van der Waals surface area contributed by atoms with E-state index in [9.17, 15) is 14.4 Å². The number of aliphatic carboxylic acids is 3. The Morgan fingerprint density at radius 2 is 1.76 bits per heavy atom. The molecule has 2 atom stereocenters. The molecule has 0 saturated carbocycles. The van der Waals surface area contributed by atoms with Crippen LogP contribution in [-0.2, 0) is 14.4 Å². The van der Waals surface area contributed by atoms with Crippen molar-refractivity contribution in [1.82, 2.24) is 0 Å². The van der Waals surface area contributed by atoms with Crippen molar-refractivity contribution in [1.29, 1.82) is 0 Å². The maximum Gasteiger partial charge on any atom is 0.336 e. The summed E-state index contributed by atoms with van der Waals surface area (Å²) < 4.78 is 0. The smallest absolute Gasteiger partial charge is 0.336 e. The van der Waals surface area contributed by atoms with E-state index in [0.717, 1.165) is 6.08 Å². The van der Waals surface area contributed by atoms with Gasteiger partial charge in [0.2, 0.25) is 0 Å². The lowest BCUT2D eigenvalue weighted by Gasteiger charge is -2.27. The molecule has 0 amide bonds. The summed E-state index contributed by atoms with van der Waals surface area (Å²) in [7, 11) is 0. The Morgan fingerprint density at radius 1 is 1.24 bits per heavy atom. The Morgan fingerprint density at radius 3 is 2.12 bits per heavy atom. The van der Waals surface area contributed by atoms with Crippen molar-refractivity contribution >= 4 is 41.1 Å². The molecule has 0 radical (unpaired) electrons. The molecule has 0 spiro atoms. The highest BCUT2D eigenvalue weighted by Gasteiger charge is 2.49. The largest absolute Gasteiger partial charge is 0.481 e. The minimum absolute atomic E-state index is 0.359. The Labute approximate surface area is 105 Å². The van der Waals surface area contributed by atoms with E-state index in [0.29, 0.717) is 6.08 Å². The lowest BCUT2D eigenvalue weighted by atomic mass is 9.84. The quantitative estimate of drug-likeness (QED) is 0.662. The van der Waals surface area contributed by atoms with Gasteiger partial charge in [0.1, 0.15) is 5.92 Å². The lowest BCUT2D eigenvalue weighted by Crippen LogP contribution is -2.44. The minimum atomic E-state index is -2.36. The fraction of sp³-hybridized carbons (Fsp3) is 0.222. The summed E-state index contributed by atoms with van der Waals surface area (Å²) in [5.74, 6) is -6.30. The molecule has 1 aliphatic rings. The van der Waals surface area contributed by atoms with Crippen LogP contribution in [0.1, 0.15) is 0 Å². The molecule has 1 aliphatic carbocycles. The molecule has 0 aromatic carbocycles. The van der Waals surface area contributed by atoms with Crippen LogP contribution in [0.25, 0.3) is 0 Å². The van der Waals surface area contributed by atoms with Crippen LogP contribution in [0.5, 0.6) is 0 Å².